The molecule has 58 valence electrons. The van der Waals surface area contributed by atoms with E-state index in [1.165, 1.54) is 0 Å². The van der Waals surface area contributed by atoms with E-state index in [0.29, 0.717) is 0 Å². The number of hydrogen-bond donors (Lipinski definition) is 2. The SMILES string of the molecule is [2H]C([2H])([2H])c1ccc(F)c(B(O)O)c1. The second kappa shape index (κ2) is 3.03. The maximum absolute atomic E-state index is 12.9. The minimum Gasteiger partial charge on any atom is -0.423 e. The lowest BCUT2D eigenvalue weighted by atomic mass is 9.79. The standard InChI is InChI=1S/C7H8BFO2/c1-5-2-3-7(9)6(4-5)8(10)11/h2-4,10-11H,1H3/i1D3. The number of benzene rings is 1. The van der Waals surface area contributed by atoms with Crippen LogP contribution < -0.4 is 5.46 Å². The number of aryl methyl sites for hydroxylation is 1. The first-order valence-corrected chi connectivity index (χ1v) is 2.98. The molecule has 0 fully saturated rings. The second-order valence-electron chi connectivity index (χ2n) is 2.11. The molecule has 0 heterocycles. The van der Waals surface area contributed by atoms with E-state index in [1.54, 1.807) is 0 Å². The number of halogens is 1. The summed E-state index contributed by atoms with van der Waals surface area (Å²) in [5.41, 5.74) is -0.555. The minimum atomic E-state index is -2.38. The highest BCUT2D eigenvalue weighted by atomic mass is 19.1. The molecule has 0 aliphatic rings. The summed E-state index contributed by atoms with van der Waals surface area (Å²) < 4.78 is 34.0. The second-order valence-corrected chi connectivity index (χ2v) is 2.11. The largest absolute Gasteiger partial charge is 0.491 e. The lowest BCUT2D eigenvalue weighted by molar-refractivity contribution is 0.423. The molecule has 0 saturated heterocycles. The van der Waals surface area contributed by atoms with Crippen LogP contribution in [0.2, 0.25) is 0 Å². The van der Waals surface area contributed by atoms with Gasteiger partial charge in [-0.15, -0.1) is 0 Å². The first kappa shape index (κ1) is 4.90. The van der Waals surface area contributed by atoms with Crippen LogP contribution in [0.4, 0.5) is 4.39 Å². The van der Waals surface area contributed by atoms with Crippen molar-refractivity contribution in [2.24, 2.45) is 0 Å². The van der Waals surface area contributed by atoms with Crippen LogP contribution in [0.15, 0.2) is 18.2 Å². The van der Waals surface area contributed by atoms with Gasteiger partial charge in [0, 0.05) is 9.58 Å². The average molecular weight is 157 g/mol. The first-order chi connectivity index (χ1) is 6.32. The smallest absolute Gasteiger partial charge is 0.423 e. The van der Waals surface area contributed by atoms with Crippen molar-refractivity contribution in [2.45, 2.75) is 6.85 Å². The summed E-state index contributed by atoms with van der Waals surface area (Å²) in [6.45, 7) is -2.38. The summed E-state index contributed by atoms with van der Waals surface area (Å²) in [4.78, 5) is 0. The maximum Gasteiger partial charge on any atom is 0.491 e. The van der Waals surface area contributed by atoms with E-state index < -0.39 is 25.3 Å². The van der Waals surface area contributed by atoms with Gasteiger partial charge in [-0.3, -0.25) is 0 Å². The Kier molecular flexibility index (Phi) is 1.35. The van der Waals surface area contributed by atoms with Gasteiger partial charge < -0.3 is 10.0 Å². The Hall–Kier alpha value is -0.865. The maximum atomic E-state index is 12.9. The third-order valence-corrected chi connectivity index (χ3v) is 1.27. The lowest BCUT2D eigenvalue weighted by Crippen LogP contribution is -2.32. The summed E-state index contributed by atoms with van der Waals surface area (Å²) in [6, 6.07) is 2.91. The van der Waals surface area contributed by atoms with Gasteiger partial charge in [0.15, 0.2) is 0 Å². The zero-order valence-corrected chi connectivity index (χ0v) is 5.58. The van der Waals surface area contributed by atoms with Crippen molar-refractivity contribution in [2.75, 3.05) is 0 Å². The average Bonchev–Trinajstić information content (AvgIpc) is 2.02. The highest BCUT2D eigenvalue weighted by Gasteiger charge is 2.15. The Balaban J connectivity index is 3.20. The van der Waals surface area contributed by atoms with E-state index in [4.69, 9.17) is 14.2 Å². The van der Waals surface area contributed by atoms with Gasteiger partial charge in [0.1, 0.15) is 5.82 Å². The molecule has 0 aromatic heterocycles. The van der Waals surface area contributed by atoms with Crippen molar-refractivity contribution >= 4 is 12.6 Å². The summed E-state index contributed by atoms with van der Waals surface area (Å²) in [6.07, 6.45) is 0. The van der Waals surface area contributed by atoms with Crippen molar-refractivity contribution < 1.29 is 18.6 Å². The molecule has 1 aromatic rings. The summed E-state index contributed by atoms with van der Waals surface area (Å²) in [7, 11) is -2.00. The van der Waals surface area contributed by atoms with E-state index in [0.717, 1.165) is 18.2 Å². The predicted molar refractivity (Wildman–Crippen MR) is 41.0 cm³/mol. The molecule has 0 bridgehead atoms. The van der Waals surface area contributed by atoms with Gasteiger partial charge in [-0.25, -0.2) is 4.39 Å². The van der Waals surface area contributed by atoms with E-state index in [-0.39, 0.29) is 5.56 Å². The van der Waals surface area contributed by atoms with Crippen LogP contribution in [-0.4, -0.2) is 17.2 Å². The van der Waals surface area contributed by atoms with E-state index in [2.05, 4.69) is 0 Å². The van der Waals surface area contributed by atoms with Crippen molar-refractivity contribution in [3.63, 3.8) is 0 Å². The van der Waals surface area contributed by atoms with Crippen molar-refractivity contribution in [1.29, 1.82) is 0 Å². The fraction of sp³-hybridized carbons (Fsp3) is 0.143. The van der Waals surface area contributed by atoms with Gasteiger partial charge in [-0.05, 0) is 12.9 Å². The summed E-state index contributed by atoms with van der Waals surface area (Å²) >= 11 is 0. The quantitative estimate of drug-likeness (QED) is 0.554. The zero-order chi connectivity index (χ0) is 10.9. The molecule has 11 heavy (non-hydrogen) atoms. The van der Waals surface area contributed by atoms with Gasteiger partial charge in [0.25, 0.3) is 0 Å². The normalized spacial score (nSPS) is 15.0. The van der Waals surface area contributed by atoms with Crippen molar-refractivity contribution in [3.05, 3.63) is 29.6 Å². The minimum absolute atomic E-state index is 0.123. The molecule has 2 nitrogen and oxygen atoms in total. The third kappa shape index (κ3) is 1.79. The molecule has 4 heteroatoms. The fourth-order valence-corrected chi connectivity index (χ4v) is 0.742. The van der Waals surface area contributed by atoms with Gasteiger partial charge in [0.05, 0.1) is 0 Å². The topological polar surface area (TPSA) is 40.5 Å². The Labute approximate surface area is 68.7 Å². The van der Waals surface area contributed by atoms with Crippen LogP contribution in [-0.2, 0) is 0 Å². The molecule has 0 aliphatic heterocycles. The molecule has 2 N–H and O–H groups in total. The molecule has 0 atom stereocenters. The Morgan fingerprint density at radius 2 is 2.27 bits per heavy atom. The molecule has 1 aromatic carbocycles. The monoisotopic (exact) mass is 157 g/mol. The molecule has 0 spiro atoms. The van der Waals surface area contributed by atoms with Gasteiger partial charge in [-0.2, -0.15) is 0 Å². The summed E-state index contributed by atoms with van der Waals surface area (Å²) in [5.74, 6) is -0.840. The predicted octanol–water partition coefficient (Wildman–Crippen LogP) is -0.186. The highest BCUT2D eigenvalue weighted by Crippen LogP contribution is 1.98. The van der Waals surface area contributed by atoms with Crippen LogP contribution in [0.5, 0.6) is 0 Å². The molecule has 1 rings (SSSR count). The van der Waals surface area contributed by atoms with Crippen LogP contribution in [0.25, 0.3) is 0 Å². The van der Waals surface area contributed by atoms with Gasteiger partial charge >= 0.3 is 7.12 Å². The lowest BCUT2D eigenvalue weighted by Gasteiger charge is -2.01. The molecule has 0 aliphatic carbocycles. The van der Waals surface area contributed by atoms with Gasteiger partial charge in [-0.1, -0.05) is 17.7 Å². The molecule has 0 radical (unpaired) electrons. The Bertz CT molecular complexity index is 340. The Morgan fingerprint density at radius 3 is 2.82 bits per heavy atom. The third-order valence-electron chi connectivity index (χ3n) is 1.27. The van der Waals surface area contributed by atoms with E-state index in [9.17, 15) is 4.39 Å². The van der Waals surface area contributed by atoms with Crippen molar-refractivity contribution in [1.82, 2.24) is 0 Å². The van der Waals surface area contributed by atoms with E-state index >= 15 is 0 Å². The summed E-state index contributed by atoms with van der Waals surface area (Å²) in [5, 5.41) is 17.5. The highest BCUT2D eigenvalue weighted by molar-refractivity contribution is 6.58. The fourth-order valence-electron chi connectivity index (χ4n) is 0.742. The molecule has 0 saturated carbocycles. The zero-order valence-electron chi connectivity index (χ0n) is 8.58. The van der Waals surface area contributed by atoms with Crippen molar-refractivity contribution in [3.8, 4) is 0 Å². The first-order valence-electron chi connectivity index (χ1n) is 4.48. The number of rotatable bonds is 1. The molecular formula is C7H8BFO2. The van der Waals surface area contributed by atoms with Crippen LogP contribution in [0.1, 0.15) is 9.68 Å². The molecular weight excluding hydrogens is 146 g/mol. The molecule has 0 unspecified atom stereocenters. The van der Waals surface area contributed by atoms with E-state index in [1.807, 2.05) is 0 Å². The van der Waals surface area contributed by atoms with Crippen LogP contribution >= 0.6 is 0 Å². The van der Waals surface area contributed by atoms with Crippen LogP contribution in [0.3, 0.4) is 0 Å². The van der Waals surface area contributed by atoms with Gasteiger partial charge in [0.2, 0.25) is 0 Å². The Morgan fingerprint density at radius 1 is 1.55 bits per heavy atom. The van der Waals surface area contributed by atoms with Crippen LogP contribution in [0, 0.1) is 12.7 Å². The number of hydrogen-bond acceptors (Lipinski definition) is 2. The molecule has 0 amide bonds.